The third kappa shape index (κ3) is 2.64. The number of carbonyl (C=O) groups is 1. The molecule has 20 heavy (non-hydrogen) atoms. The molecule has 0 bridgehead atoms. The quantitative estimate of drug-likeness (QED) is 0.773. The number of nitrogen functional groups attached to an aromatic ring is 1. The second kappa shape index (κ2) is 5.41. The van der Waals surface area contributed by atoms with Crippen LogP contribution in [-0.4, -0.2) is 38.3 Å². The van der Waals surface area contributed by atoms with Gasteiger partial charge in [0, 0.05) is 13.1 Å². The van der Waals surface area contributed by atoms with Gasteiger partial charge in [-0.1, -0.05) is 12.1 Å². The van der Waals surface area contributed by atoms with Gasteiger partial charge in [-0.05, 0) is 31.4 Å². The van der Waals surface area contributed by atoms with Gasteiger partial charge in [0.2, 0.25) is 15.9 Å². The fourth-order valence-corrected chi connectivity index (χ4v) is 4.09. The Hall–Kier alpha value is -1.60. The Morgan fingerprint density at radius 2 is 1.90 bits per heavy atom. The molecule has 110 valence electrons. The molecule has 1 aromatic carbocycles. The molecule has 0 aromatic heterocycles. The van der Waals surface area contributed by atoms with Crippen LogP contribution in [0, 0.1) is 13.8 Å². The van der Waals surface area contributed by atoms with E-state index >= 15 is 0 Å². The van der Waals surface area contributed by atoms with Crippen LogP contribution in [0.15, 0.2) is 17.0 Å². The summed E-state index contributed by atoms with van der Waals surface area (Å²) in [6.45, 7) is 4.12. The summed E-state index contributed by atoms with van der Waals surface area (Å²) in [5.41, 5.74) is 7.51. The summed E-state index contributed by atoms with van der Waals surface area (Å²) in [7, 11) is -3.75. The molecule has 0 unspecified atom stereocenters. The third-order valence-corrected chi connectivity index (χ3v) is 5.48. The number of hydrogen-bond acceptors (Lipinski definition) is 4. The highest BCUT2D eigenvalue weighted by Gasteiger charge is 2.31. The predicted octanol–water partition coefficient (Wildman–Crippen LogP) is 0.396. The van der Waals surface area contributed by atoms with Gasteiger partial charge in [0.15, 0.2) is 0 Å². The Morgan fingerprint density at radius 3 is 2.60 bits per heavy atom. The summed E-state index contributed by atoms with van der Waals surface area (Å²) < 4.78 is 26.7. The van der Waals surface area contributed by atoms with Crippen molar-refractivity contribution in [1.29, 1.82) is 0 Å². The summed E-state index contributed by atoms with van der Waals surface area (Å²) in [5.74, 6) is -0.282. The molecular formula is C13H19N3O3S. The van der Waals surface area contributed by atoms with Crippen LogP contribution in [0.1, 0.15) is 17.5 Å². The van der Waals surface area contributed by atoms with E-state index in [0.29, 0.717) is 30.6 Å². The summed E-state index contributed by atoms with van der Waals surface area (Å²) in [6.07, 6.45) is 0.593. The molecule has 0 aliphatic carbocycles. The first-order valence-electron chi connectivity index (χ1n) is 6.46. The summed E-state index contributed by atoms with van der Waals surface area (Å²) in [4.78, 5) is 11.7. The van der Waals surface area contributed by atoms with Gasteiger partial charge >= 0.3 is 0 Å². The molecule has 1 heterocycles. The molecule has 7 heteroatoms. The van der Waals surface area contributed by atoms with Crippen molar-refractivity contribution in [2.75, 3.05) is 25.4 Å². The zero-order valence-electron chi connectivity index (χ0n) is 11.6. The minimum atomic E-state index is -3.75. The number of aryl methyl sites for hydroxylation is 2. The normalized spacial score (nSPS) is 17.6. The van der Waals surface area contributed by atoms with Gasteiger partial charge in [0.1, 0.15) is 4.90 Å². The van der Waals surface area contributed by atoms with E-state index in [4.69, 9.17) is 5.73 Å². The van der Waals surface area contributed by atoms with Gasteiger partial charge in [-0.2, -0.15) is 4.31 Å². The summed E-state index contributed by atoms with van der Waals surface area (Å²) in [6, 6.07) is 3.52. The minimum Gasteiger partial charge on any atom is -0.397 e. The van der Waals surface area contributed by atoms with Crippen molar-refractivity contribution in [2.24, 2.45) is 0 Å². The largest absolute Gasteiger partial charge is 0.397 e. The van der Waals surface area contributed by atoms with Crippen molar-refractivity contribution in [3.8, 4) is 0 Å². The maximum Gasteiger partial charge on any atom is 0.245 e. The molecule has 1 aromatic rings. The maximum absolute atomic E-state index is 12.7. The lowest BCUT2D eigenvalue weighted by molar-refractivity contribution is -0.120. The number of rotatable bonds is 2. The van der Waals surface area contributed by atoms with Crippen LogP contribution in [0.5, 0.6) is 0 Å². The second-order valence-corrected chi connectivity index (χ2v) is 6.86. The van der Waals surface area contributed by atoms with Crippen LogP contribution >= 0.6 is 0 Å². The first-order valence-corrected chi connectivity index (χ1v) is 7.90. The average Bonchev–Trinajstić information content (AvgIpc) is 2.59. The standard InChI is InChI=1S/C13H19N3O3S/c1-9-4-5-10(2)13(12(9)14)20(18,19)16-7-3-6-15-11(17)8-16/h4-5H,3,6-8,14H2,1-2H3,(H,15,17). The van der Waals surface area contributed by atoms with E-state index in [1.165, 1.54) is 4.31 Å². The monoisotopic (exact) mass is 297 g/mol. The Morgan fingerprint density at radius 1 is 1.25 bits per heavy atom. The van der Waals surface area contributed by atoms with Gasteiger partial charge in [0.25, 0.3) is 0 Å². The van der Waals surface area contributed by atoms with E-state index < -0.39 is 10.0 Å². The van der Waals surface area contributed by atoms with Crippen molar-refractivity contribution in [3.63, 3.8) is 0 Å². The SMILES string of the molecule is Cc1ccc(C)c(S(=O)(=O)N2CCCNC(=O)C2)c1N. The lowest BCUT2D eigenvalue weighted by Gasteiger charge is -2.21. The number of nitrogens with one attached hydrogen (secondary N) is 1. The number of hydrogen-bond donors (Lipinski definition) is 2. The molecular weight excluding hydrogens is 278 g/mol. The summed E-state index contributed by atoms with van der Waals surface area (Å²) in [5, 5.41) is 2.66. The lowest BCUT2D eigenvalue weighted by atomic mass is 10.1. The Balaban J connectivity index is 2.50. The zero-order valence-corrected chi connectivity index (χ0v) is 12.5. The summed E-state index contributed by atoms with van der Waals surface area (Å²) >= 11 is 0. The van der Waals surface area contributed by atoms with Gasteiger partial charge in [-0.3, -0.25) is 4.79 Å². The number of nitrogens with two attached hydrogens (primary N) is 1. The first-order chi connectivity index (χ1) is 9.34. The van der Waals surface area contributed by atoms with Crippen LogP contribution in [0.3, 0.4) is 0 Å². The topological polar surface area (TPSA) is 92.5 Å². The molecule has 0 spiro atoms. The fourth-order valence-electron chi connectivity index (χ4n) is 2.26. The smallest absolute Gasteiger partial charge is 0.245 e. The van der Waals surface area contributed by atoms with Crippen LogP contribution < -0.4 is 11.1 Å². The van der Waals surface area contributed by atoms with Crippen LogP contribution in [0.2, 0.25) is 0 Å². The molecule has 0 saturated carbocycles. The van der Waals surface area contributed by atoms with Gasteiger partial charge in [-0.15, -0.1) is 0 Å². The Bertz CT molecular complexity index is 641. The van der Waals surface area contributed by atoms with E-state index in [1.54, 1.807) is 26.0 Å². The number of amides is 1. The number of sulfonamides is 1. The molecule has 1 aliphatic heterocycles. The highest BCUT2D eigenvalue weighted by atomic mass is 32.2. The molecule has 0 radical (unpaired) electrons. The van der Waals surface area contributed by atoms with Crippen molar-refractivity contribution in [1.82, 2.24) is 9.62 Å². The van der Waals surface area contributed by atoms with Gasteiger partial charge in [-0.25, -0.2) is 8.42 Å². The molecule has 1 fully saturated rings. The van der Waals surface area contributed by atoms with Crippen LogP contribution in [0.4, 0.5) is 5.69 Å². The zero-order chi connectivity index (χ0) is 14.9. The molecule has 0 atom stereocenters. The third-order valence-electron chi connectivity index (χ3n) is 3.44. The van der Waals surface area contributed by atoms with Crippen LogP contribution in [-0.2, 0) is 14.8 Å². The number of anilines is 1. The Labute approximate surface area is 119 Å². The average molecular weight is 297 g/mol. The van der Waals surface area contributed by atoms with Gasteiger partial charge < -0.3 is 11.1 Å². The van der Waals surface area contributed by atoms with Crippen molar-refractivity contribution in [3.05, 3.63) is 23.3 Å². The van der Waals surface area contributed by atoms with Crippen molar-refractivity contribution >= 4 is 21.6 Å². The molecule has 1 amide bonds. The van der Waals surface area contributed by atoms with Crippen LogP contribution in [0.25, 0.3) is 0 Å². The van der Waals surface area contributed by atoms with E-state index in [0.717, 1.165) is 0 Å². The van der Waals surface area contributed by atoms with E-state index in [-0.39, 0.29) is 23.0 Å². The molecule has 1 saturated heterocycles. The van der Waals surface area contributed by atoms with E-state index in [9.17, 15) is 13.2 Å². The molecule has 6 nitrogen and oxygen atoms in total. The number of nitrogens with zero attached hydrogens (tertiary/aromatic N) is 1. The molecule has 1 aliphatic rings. The second-order valence-electron chi connectivity index (χ2n) is 4.98. The maximum atomic E-state index is 12.7. The molecule has 2 rings (SSSR count). The molecule has 3 N–H and O–H groups in total. The fraction of sp³-hybridized carbons (Fsp3) is 0.462. The first kappa shape index (κ1) is 14.8. The van der Waals surface area contributed by atoms with Crippen molar-refractivity contribution < 1.29 is 13.2 Å². The highest BCUT2D eigenvalue weighted by Crippen LogP contribution is 2.29. The lowest BCUT2D eigenvalue weighted by Crippen LogP contribution is -2.38. The van der Waals surface area contributed by atoms with E-state index in [2.05, 4.69) is 5.32 Å². The van der Waals surface area contributed by atoms with Gasteiger partial charge in [0.05, 0.1) is 12.2 Å². The van der Waals surface area contributed by atoms with E-state index in [1.807, 2.05) is 0 Å². The minimum absolute atomic E-state index is 0.118. The predicted molar refractivity (Wildman–Crippen MR) is 76.7 cm³/mol. The van der Waals surface area contributed by atoms with Crippen molar-refractivity contribution in [2.45, 2.75) is 25.2 Å². The number of carbonyl (C=O) groups excluding carboxylic acids is 1. The highest BCUT2D eigenvalue weighted by molar-refractivity contribution is 7.89. The number of benzene rings is 1. The Kier molecular flexibility index (Phi) is 4.01.